The zero-order valence-corrected chi connectivity index (χ0v) is 11.3. The third-order valence-electron chi connectivity index (χ3n) is 2.79. The number of benzene rings is 1. The number of hydrogen-bond acceptors (Lipinski definition) is 4. The highest BCUT2D eigenvalue weighted by atomic mass is 16.5. The zero-order valence-electron chi connectivity index (χ0n) is 11.3. The van der Waals surface area contributed by atoms with Crippen molar-refractivity contribution in [1.29, 1.82) is 0 Å². The van der Waals surface area contributed by atoms with Crippen molar-refractivity contribution in [1.82, 2.24) is 9.97 Å². The zero-order chi connectivity index (χ0) is 13.7. The molecule has 19 heavy (non-hydrogen) atoms. The van der Waals surface area contributed by atoms with Crippen LogP contribution in [0.3, 0.4) is 0 Å². The predicted octanol–water partition coefficient (Wildman–Crippen LogP) is 2.80. The number of rotatable bonds is 5. The third-order valence-corrected chi connectivity index (χ3v) is 2.79. The SMILES string of the molecule is CC(C)c1ccnc(CCOc2ccc(N)cc2)n1. The molecule has 1 aromatic carbocycles. The molecule has 0 aliphatic heterocycles. The van der Waals surface area contributed by atoms with Crippen molar-refractivity contribution >= 4 is 5.69 Å². The lowest BCUT2D eigenvalue weighted by molar-refractivity contribution is 0.318. The molecule has 0 atom stereocenters. The van der Waals surface area contributed by atoms with Gasteiger partial charge < -0.3 is 10.5 Å². The van der Waals surface area contributed by atoms with Gasteiger partial charge in [0.05, 0.1) is 6.61 Å². The molecular weight excluding hydrogens is 238 g/mol. The van der Waals surface area contributed by atoms with Crippen LogP contribution in [0.2, 0.25) is 0 Å². The second kappa shape index (κ2) is 6.18. The highest BCUT2D eigenvalue weighted by Gasteiger charge is 2.03. The molecule has 0 fully saturated rings. The summed E-state index contributed by atoms with van der Waals surface area (Å²) in [5, 5.41) is 0. The molecular formula is C15H19N3O. The Morgan fingerprint density at radius 2 is 1.89 bits per heavy atom. The van der Waals surface area contributed by atoms with Gasteiger partial charge in [0.25, 0.3) is 0 Å². The molecule has 2 N–H and O–H groups in total. The number of ether oxygens (including phenoxy) is 1. The lowest BCUT2D eigenvalue weighted by Crippen LogP contribution is -2.06. The smallest absolute Gasteiger partial charge is 0.131 e. The van der Waals surface area contributed by atoms with Gasteiger partial charge in [-0.25, -0.2) is 9.97 Å². The van der Waals surface area contributed by atoms with E-state index in [1.54, 1.807) is 6.20 Å². The van der Waals surface area contributed by atoms with Crippen LogP contribution in [-0.4, -0.2) is 16.6 Å². The monoisotopic (exact) mass is 257 g/mol. The minimum atomic E-state index is 0.416. The molecule has 0 amide bonds. The summed E-state index contributed by atoms with van der Waals surface area (Å²) in [4.78, 5) is 8.76. The molecule has 0 spiro atoms. The van der Waals surface area contributed by atoms with E-state index in [4.69, 9.17) is 10.5 Å². The van der Waals surface area contributed by atoms with E-state index in [2.05, 4.69) is 23.8 Å². The maximum atomic E-state index is 5.63. The van der Waals surface area contributed by atoms with Crippen LogP contribution < -0.4 is 10.5 Å². The topological polar surface area (TPSA) is 61.0 Å². The predicted molar refractivity (Wildman–Crippen MR) is 76.2 cm³/mol. The minimum absolute atomic E-state index is 0.416. The molecule has 0 aliphatic rings. The van der Waals surface area contributed by atoms with Crippen LogP contribution in [0.1, 0.15) is 31.3 Å². The fourth-order valence-electron chi connectivity index (χ4n) is 1.68. The molecule has 4 heteroatoms. The van der Waals surface area contributed by atoms with Gasteiger partial charge in [0.1, 0.15) is 11.6 Å². The summed E-state index contributed by atoms with van der Waals surface area (Å²) in [6.45, 7) is 4.80. The number of nitrogens with two attached hydrogens (primary N) is 1. The Morgan fingerprint density at radius 3 is 2.58 bits per heavy atom. The van der Waals surface area contributed by atoms with E-state index in [0.717, 1.165) is 23.0 Å². The first-order valence-corrected chi connectivity index (χ1v) is 6.45. The number of hydrogen-bond donors (Lipinski definition) is 1. The van der Waals surface area contributed by atoms with Crippen molar-refractivity contribution in [3.8, 4) is 5.75 Å². The van der Waals surface area contributed by atoms with E-state index in [1.165, 1.54) is 0 Å². The van der Waals surface area contributed by atoms with E-state index in [-0.39, 0.29) is 0 Å². The van der Waals surface area contributed by atoms with Crippen molar-refractivity contribution in [2.75, 3.05) is 12.3 Å². The lowest BCUT2D eigenvalue weighted by Gasteiger charge is -2.08. The van der Waals surface area contributed by atoms with Gasteiger partial charge in [-0.3, -0.25) is 0 Å². The minimum Gasteiger partial charge on any atom is -0.493 e. The molecule has 0 unspecified atom stereocenters. The van der Waals surface area contributed by atoms with E-state index in [0.29, 0.717) is 18.9 Å². The summed E-state index contributed by atoms with van der Waals surface area (Å²) in [6, 6.07) is 9.33. The van der Waals surface area contributed by atoms with Crippen LogP contribution in [-0.2, 0) is 6.42 Å². The summed E-state index contributed by atoms with van der Waals surface area (Å²) in [5.74, 6) is 2.05. The number of nitrogen functional groups attached to an aromatic ring is 1. The molecule has 100 valence electrons. The van der Waals surface area contributed by atoms with E-state index < -0.39 is 0 Å². The molecule has 0 bridgehead atoms. The molecule has 0 saturated carbocycles. The van der Waals surface area contributed by atoms with Crippen LogP contribution >= 0.6 is 0 Å². The first-order valence-electron chi connectivity index (χ1n) is 6.45. The molecule has 0 saturated heterocycles. The highest BCUT2D eigenvalue weighted by Crippen LogP contribution is 2.14. The first-order chi connectivity index (χ1) is 9.15. The highest BCUT2D eigenvalue weighted by molar-refractivity contribution is 5.41. The summed E-state index contributed by atoms with van der Waals surface area (Å²) in [7, 11) is 0. The number of nitrogens with zero attached hydrogens (tertiary/aromatic N) is 2. The van der Waals surface area contributed by atoms with Crippen LogP contribution in [0.4, 0.5) is 5.69 Å². The standard InChI is InChI=1S/C15H19N3O/c1-11(2)14-7-9-17-15(18-14)8-10-19-13-5-3-12(16)4-6-13/h3-7,9,11H,8,10,16H2,1-2H3. The Kier molecular flexibility index (Phi) is 4.34. The van der Waals surface area contributed by atoms with Crippen LogP contribution in [0, 0.1) is 0 Å². The molecule has 1 aromatic heterocycles. The molecule has 2 aromatic rings. The molecule has 4 nitrogen and oxygen atoms in total. The van der Waals surface area contributed by atoms with Crippen LogP contribution in [0.15, 0.2) is 36.5 Å². The Hall–Kier alpha value is -2.10. The van der Waals surface area contributed by atoms with Gasteiger partial charge in [-0.1, -0.05) is 13.8 Å². The van der Waals surface area contributed by atoms with Crippen molar-refractivity contribution in [2.24, 2.45) is 0 Å². The van der Waals surface area contributed by atoms with Gasteiger partial charge in [-0.2, -0.15) is 0 Å². The van der Waals surface area contributed by atoms with Crippen molar-refractivity contribution in [3.63, 3.8) is 0 Å². The fourth-order valence-corrected chi connectivity index (χ4v) is 1.68. The normalized spacial score (nSPS) is 10.7. The average Bonchev–Trinajstić information content (AvgIpc) is 2.41. The van der Waals surface area contributed by atoms with Crippen molar-refractivity contribution in [2.45, 2.75) is 26.2 Å². The molecule has 0 aliphatic carbocycles. The van der Waals surface area contributed by atoms with Crippen molar-refractivity contribution in [3.05, 3.63) is 48.0 Å². The molecule has 0 radical (unpaired) electrons. The van der Waals surface area contributed by atoms with Crippen molar-refractivity contribution < 1.29 is 4.74 Å². The maximum absolute atomic E-state index is 5.63. The van der Waals surface area contributed by atoms with E-state index in [1.807, 2.05) is 30.3 Å². The van der Waals surface area contributed by atoms with Gasteiger partial charge in [-0.15, -0.1) is 0 Å². The van der Waals surface area contributed by atoms with E-state index >= 15 is 0 Å². The summed E-state index contributed by atoms with van der Waals surface area (Å²) in [6.07, 6.45) is 2.51. The third kappa shape index (κ3) is 3.95. The number of aromatic nitrogens is 2. The Bertz CT molecular complexity index is 523. The Labute approximate surface area is 113 Å². The molecule has 2 rings (SSSR count). The van der Waals surface area contributed by atoms with Gasteiger partial charge in [0.15, 0.2) is 0 Å². The average molecular weight is 257 g/mol. The first kappa shape index (κ1) is 13.3. The van der Waals surface area contributed by atoms with E-state index in [9.17, 15) is 0 Å². The van der Waals surface area contributed by atoms with Crippen LogP contribution in [0.25, 0.3) is 0 Å². The van der Waals surface area contributed by atoms with Gasteiger partial charge in [0, 0.05) is 24.0 Å². The Balaban J connectivity index is 1.88. The number of anilines is 1. The van der Waals surface area contributed by atoms with Gasteiger partial charge in [0.2, 0.25) is 0 Å². The summed E-state index contributed by atoms with van der Waals surface area (Å²) in [5.41, 5.74) is 7.42. The quantitative estimate of drug-likeness (QED) is 0.837. The molecule has 1 heterocycles. The van der Waals surface area contributed by atoms with Crippen LogP contribution in [0.5, 0.6) is 5.75 Å². The van der Waals surface area contributed by atoms with Gasteiger partial charge in [-0.05, 0) is 36.2 Å². The summed E-state index contributed by atoms with van der Waals surface area (Å²) < 4.78 is 5.63. The van der Waals surface area contributed by atoms with Gasteiger partial charge >= 0.3 is 0 Å². The largest absolute Gasteiger partial charge is 0.493 e. The summed E-state index contributed by atoms with van der Waals surface area (Å²) >= 11 is 0. The Morgan fingerprint density at radius 1 is 1.16 bits per heavy atom. The lowest BCUT2D eigenvalue weighted by atomic mass is 10.1. The maximum Gasteiger partial charge on any atom is 0.131 e. The second-order valence-electron chi connectivity index (χ2n) is 4.72. The second-order valence-corrected chi connectivity index (χ2v) is 4.72. The fraction of sp³-hybridized carbons (Fsp3) is 0.333.